The van der Waals surface area contributed by atoms with Gasteiger partial charge in [-0.3, -0.25) is 9.59 Å². The van der Waals surface area contributed by atoms with Crippen molar-refractivity contribution in [2.75, 3.05) is 18.2 Å². The number of allylic oxidation sites excluding steroid dienone is 1. The number of amides is 2. The van der Waals surface area contributed by atoms with E-state index in [0.29, 0.717) is 23.7 Å². The number of nitrogens with one attached hydrogen (secondary N) is 1. The Hall–Kier alpha value is -1.75. The molecule has 0 aromatic heterocycles. The zero-order valence-corrected chi connectivity index (χ0v) is 17.3. The molecule has 1 unspecified atom stereocenters. The van der Waals surface area contributed by atoms with Gasteiger partial charge in [0.05, 0.1) is 5.88 Å². The van der Waals surface area contributed by atoms with Gasteiger partial charge in [-0.25, -0.2) is 0 Å². The van der Waals surface area contributed by atoms with E-state index >= 15 is 0 Å². The number of hydrogen-bond acceptors (Lipinski definition) is 3. The third kappa shape index (κ3) is 4.70. The van der Waals surface area contributed by atoms with Crippen molar-refractivity contribution < 1.29 is 9.59 Å². The maximum Gasteiger partial charge on any atom is 0.250 e. The maximum atomic E-state index is 12.8. The van der Waals surface area contributed by atoms with Crippen LogP contribution in [-0.2, 0) is 15.0 Å². The minimum absolute atomic E-state index is 0.0323. The summed E-state index contributed by atoms with van der Waals surface area (Å²) in [6, 6.07) is 7.87. The molecule has 2 amide bonds. The summed E-state index contributed by atoms with van der Waals surface area (Å²) >= 11 is 1.63. The van der Waals surface area contributed by atoms with Crippen molar-refractivity contribution >= 4 is 23.6 Å². The van der Waals surface area contributed by atoms with Gasteiger partial charge in [0.15, 0.2) is 0 Å². The lowest BCUT2D eigenvalue weighted by molar-refractivity contribution is -0.135. The lowest BCUT2D eigenvalue weighted by atomic mass is 9.82. The molecular weight excluding hydrogens is 344 g/mol. The summed E-state index contributed by atoms with van der Waals surface area (Å²) in [4.78, 5) is 27.0. The average molecular weight is 375 g/mol. The highest BCUT2D eigenvalue weighted by Gasteiger charge is 2.35. The summed E-state index contributed by atoms with van der Waals surface area (Å²) in [6.45, 7) is 10.7. The van der Waals surface area contributed by atoms with Gasteiger partial charge in [0.25, 0.3) is 5.91 Å². The van der Waals surface area contributed by atoms with E-state index in [9.17, 15) is 9.59 Å². The van der Waals surface area contributed by atoms with Gasteiger partial charge in [-0.15, -0.1) is 11.8 Å². The Morgan fingerprint density at radius 1 is 1.35 bits per heavy atom. The fourth-order valence-electron chi connectivity index (χ4n) is 3.33. The first-order valence-electron chi connectivity index (χ1n) is 9.17. The maximum absolute atomic E-state index is 12.8. The summed E-state index contributed by atoms with van der Waals surface area (Å²) in [5.41, 5.74) is 3.00. The lowest BCUT2D eigenvalue weighted by Crippen LogP contribution is -2.49. The van der Waals surface area contributed by atoms with E-state index in [2.05, 4.69) is 38.2 Å². The van der Waals surface area contributed by atoms with Gasteiger partial charge in [-0.2, -0.15) is 0 Å². The second-order valence-electron chi connectivity index (χ2n) is 7.50. The summed E-state index contributed by atoms with van der Waals surface area (Å²) in [5.74, 6) is 1.14. The van der Waals surface area contributed by atoms with Crippen LogP contribution in [0.5, 0.6) is 0 Å². The number of aryl methyl sites for hydroxylation is 1. The van der Waals surface area contributed by atoms with Crippen molar-refractivity contribution in [3.05, 3.63) is 47.0 Å². The quantitative estimate of drug-likeness (QED) is 0.773. The highest BCUT2D eigenvalue weighted by molar-refractivity contribution is 7.99. The Labute approximate surface area is 161 Å². The van der Waals surface area contributed by atoms with E-state index in [1.165, 1.54) is 11.1 Å². The average Bonchev–Trinajstić information content (AvgIpc) is 3.09. The Balaban J connectivity index is 2.04. The molecule has 1 N–H and O–H groups in total. The summed E-state index contributed by atoms with van der Waals surface area (Å²) in [5, 5.41) is 3.08. The standard InChI is InChI=1S/C21H30N2O2S/c1-6-9-16(3)20(25)23-14-26-12-18(23)19(24)22-13-21(4,5)17-11-8-7-10-15(17)2/h7-11,18H,6,12-14H2,1-5H3,(H,22,24). The minimum atomic E-state index is -0.389. The van der Waals surface area contributed by atoms with Crippen LogP contribution in [0.4, 0.5) is 0 Å². The summed E-state index contributed by atoms with van der Waals surface area (Å²) in [7, 11) is 0. The number of benzene rings is 1. The van der Waals surface area contributed by atoms with Crippen LogP contribution in [-0.4, -0.2) is 40.9 Å². The predicted octanol–water partition coefficient (Wildman–Crippen LogP) is 3.65. The van der Waals surface area contributed by atoms with Gasteiger partial charge in [-0.05, 0) is 31.4 Å². The molecule has 5 heteroatoms. The van der Waals surface area contributed by atoms with E-state index in [1.807, 2.05) is 32.1 Å². The molecule has 1 aliphatic rings. The van der Waals surface area contributed by atoms with Crippen LogP contribution in [0.2, 0.25) is 0 Å². The Bertz CT molecular complexity index is 697. The van der Waals surface area contributed by atoms with E-state index in [4.69, 9.17) is 0 Å². The molecule has 0 spiro atoms. The van der Waals surface area contributed by atoms with E-state index in [1.54, 1.807) is 16.7 Å². The van der Waals surface area contributed by atoms with Crippen molar-refractivity contribution in [1.29, 1.82) is 0 Å². The summed E-state index contributed by atoms with van der Waals surface area (Å²) < 4.78 is 0. The molecule has 1 saturated heterocycles. The van der Waals surface area contributed by atoms with E-state index in [0.717, 1.165) is 6.42 Å². The first kappa shape index (κ1) is 20.6. The molecule has 1 aromatic carbocycles. The van der Waals surface area contributed by atoms with Crippen LogP contribution < -0.4 is 5.32 Å². The zero-order valence-electron chi connectivity index (χ0n) is 16.5. The number of nitrogens with zero attached hydrogens (tertiary/aromatic N) is 1. The van der Waals surface area contributed by atoms with Crippen molar-refractivity contribution in [2.24, 2.45) is 0 Å². The third-order valence-electron chi connectivity index (χ3n) is 4.87. The summed E-state index contributed by atoms with van der Waals surface area (Å²) in [6.07, 6.45) is 2.74. The van der Waals surface area contributed by atoms with Gasteiger partial charge in [0, 0.05) is 23.3 Å². The molecule has 0 saturated carbocycles. The molecular formula is C21H30N2O2S. The highest BCUT2D eigenvalue weighted by Crippen LogP contribution is 2.26. The molecule has 0 radical (unpaired) electrons. The van der Waals surface area contributed by atoms with Crippen LogP contribution in [0, 0.1) is 6.92 Å². The number of carbonyl (C=O) groups excluding carboxylic acids is 2. The van der Waals surface area contributed by atoms with Gasteiger partial charge < -0.3 is 10.2 Å². The second-order valence-corrected chi connectivity index (χ2v) is 8.50. The Kier molecular flexibility index (Phi) is 6.93. The molecule has 1 aliphatic heterocycles. The third-order valence-corrected chi connectivity index (χ3v) is 5.88. The van der Waals surface area contributed by atoms with Gasteiger partial charge in [0.2, 0.25) is 5.91 Å². The molecule has 26 heavy (non-hydrogen) atoms. The first-order valence-corrected chi connectivity index (χ1v) is 10.3. The van der Waals surface area contributed by atoms with Crippen LogP contribution in [0.15, 0.2) is 35.9 Å². The topological polar surface area (TPSA) is 49.4 Å². The fourth-order valence-corrected chi connectivity index (χ4v) is 4.49. The second kappa shape index (κ2) is 8.76. The van der Waals surface area contributed by atoms with E-state index in [-0.39, 0.29) is 23.3 Å². The number of rotatable bonds is 6. The van der Waals surface area contributed by atoms with Gasteiger partial charge in [0.1, 0.15) is 6.04 Å². The SMILES string of the molecule is CCC=C(C)C(=O)N1CSCC1C(=O)NCC(C)(C)c1ccccc1C. The largest absolute Gasteiger partial charge is 0.353 e. The molecule has 1 heterocycles. The highest BCUT2D eigenvalue weighted by atomic mass is 32.2. The van der Waals surface area contributed by atoms with Crippen LogP contribution in [0.1, 0.15) is 45.2 Å². The monoisotopic (exact) mass is 374 g/mol. The normalized spacial score (nSPS) is 18.1. The smallest absolute Gasteiger partial charge is 0.250 e. The van der Waals surface area contributed by atoms with Gasteiger partial charge in [-0.1, -0.05) is 51.1 Å². The number of hydrogen-bond donors (Lipinski definition) is 1. The fraction of sp³-hybridized carbons (Fsp3) is 0.524. The Morgan fingerprint density at radius 2 is 2.04 bits per heavy atom. The molecule has 2 rings (SSSR count). The first-order chi connectivity index (χ1) is 12.3. The Morgan fingerprint density at radius 3 is 2.69 bits per heavy atom. The molecule has 4 nitrogen and oxygen atoms in total. The van der Waals surface area contributed by atoms with Crippen molar-refractivity contribution in [3.8, 4) is 0 Å². The van der Waals surface area contributed by atoms with Crippen LogP contribution in [0.25, 0.3) is 0 Å². The molecule has 1 fully saturated rings. The van der Waals surface area contributed by atoms with E-state index < -0.39 is 0 Å². The molecule has 142 valence electrons. The number of carbonyl (C=O) groups is 2. The van der Waals surface area contributed by atoms with Crippen molar-refractivity contribution in [1.82, 2.24) is 10.2 Å². The minimum Gasteiger partial charge on any atom is -0.353 e. The molecule has 0 bridgehead atoms. The molecule has 1 aromatic rings. The van der Waals surface area contributed by atoms with Crippen molar-refractivity contribution in [3.63, 3.8) is 0 Å². The lowest BCUT2D eigenvalue weighted by Gasteiger charge is -2.29. The van der Waals surface area contributed by atoms with Gasteiger partial charge >= 0.3 is 0 Å². The van der Waals surface area contributed by atoms with Crippen LogP contribution in [0.3, 0.4) is 0 Å². The number of thioether (sulfide) groups is 1. The van der Waals surface area contributed by atoms with Crippen LogP contribution >= 0.6 is 11.8 Å². The molecule has 0 aliphatic carbocycles. The predicted molar refractivity (Wildman–Crippen MR) is 109 cm³/mol. The molecule has 1 atom stereocenters. The zero-order chi connectivity index (χ0) is 19.3. The van der Waals surface area contributed by atoms with Crippen molar-refractivity contribution in [2.45, 2.75) is 52.5 Å².